The molecule has 0 unspecified atom stereocenters. The molecule has 0 aliphatic heterocycles. The molecular formula is C12H19NO3. The van der Waals surface area contributed by atoms with Crippen LogP contribution in [0.3, 0.4) is 0 Å². The van der Waals surface area contributed by atoms with Crippen molar-refractivity contribution in [1.29, 1.82) is 0 Å². The largest absolute Gasteiger partial charge is 0.480 e. The molecule has 1 aliphatic carbocycles. The Morgan fingerprint density at radius 3 is 2.38 bits per heavy atom. The van der Waals surface area contributed by atoms with Crippen LogP contribution >= 0.6 is 0 Å². The molecule has 0 bridgehead atoms. The Morgan fingerprint density at radius 2 is 1.94 bits per heavy atom. The zero-order valence-electron chi connectivity index (χ0n) is 9.82. The van der Waals surface area contributed by atoms with Crippen LogP contribution in [-0.2, 0) is 9.59 Å². The lowest BCUT2D eigenvalue weighted by atomic mass is 9.77. The molecule has 0 heterocycles. The molecule has 1 fully saturated rings. The van der Waals surface area contributed by atoms with E-state index in [0.717, 1.165) is 12.8 Å². The maximum absolute atomic E-state index is 11.4. The average Bonchev–Trinajstić information content (AvgIpc) is 2.22. The molecule has 90 valence electrons. The van der Waals surface area contributed by atoms with Gasteiger partial charge in [0.2, 0.25) is 5.91 Å². The third kappa shape index (κ3) is 2.84. The smallest absolute Gasteiger partial charge is 0.329 e. The van der Waals surface area contributed by atoms with Gasteiger partial charge in [0.05, 0.1) is 0 Å². The van der Waals surface area contributed by atoms with E-state index in [9.17, 15) is 14.7 Å². The molecule has 4 nitrogen and oxygen atoms in total. The fourth-order valence-corrected chi connectivity index (χ4v) is 2.08. The third-order valence-electron chi connectivity index (χ3n) is 3.22. The highest BCUT2D eigenvalue weighted by atomic mass is 16.4. The molecule has 1 aliphatic rings. The lowest BCUT2D eigenvalue weighted by molar-refractivity contribution is -0.149. The van der Waals surface area contributed by atoms with Crippen LogP contribution in [-0.4, -0.2) is 22.5 Å². The Morgan fingerprint density at radius 1 is 1.38 bits per heavy atom. The van der Waals surface area contributed by atoms with E-state index in [0.29, 0.717) is 18.8 Å². The number of amides is 1. The van der Waals surface area contributed by atoms with E-state index in [4.69, 9.17) is 0 Å². The molecule has 0 spiro atoms. The van der Waals surface area contributed by atoms with Gasteiger partial charge in [-0.15, -0.1) is 0 Å². The first-order chi connectivity index (χ1) is 7.50. The van der Waals surface area contributed by atoms with E-state index in [1.807, 2.05) is 0 Å². The fourth-order valence-electron chi connectivity index (χ4n) is 2.08. The number of nitrogens with one attached hydrogen (secondary N) is 1. The molecule has 0 atom stereocenters. The molecule has 0 aromatic rings. The average molecular weight is 225 g/mol. The molecule has 0 aromatic carbocycles. The third-order valence-corrected chi connectivity index (χ3v) is 3.22. The van der Waals surface area contributed by atoms with Crippen LogP contribution < -0.4 is 5.32 Å². The van der Waals surface area contributed by atoms with Crippen molar-refractivity contribution in [3.05, 3.63) is 12.2 Å². The van der Waals surface area contributed by atoms with Gasteiger partial charge in [-0.2, -0.15) is 0 Å². The summed E-state index contributed by atoms with van der Waals surface area (Å²) >= 11 is 0. The molecule has 2 N–H and O–H groups in total. The minimum absolute atomic E-state index is 0.320. The summed E-state index contributed by atoms with van der Waals surface area (Å²) in [6, 6.07) is 0. The summed E-state index contributed by atoms with van der Waals surface area (Å²) in [6.45, 7) is 3.84. The lowest BCUT2D eigenvalue weighted by Gasteiger charge is -2.36. The molecule has 0 radical (unpaired) electrons. The SMILES string of the molecule is C/C=C/C(=O)NC1(C(=O)O)CCC(C)CC1. The zero-order chi connectivity index (χ0) is 12.2. The Labute approximate surface area is 95.7 Å². The summed E-state index contributed by atoms with van der Waals surface area (Å²) in [5, 5.41) is 11.9. The minimum Gasteiger partial charge on any atom is -0.480 e. The second kappa shape index (κ2) is 5.14. The molecular weight excluding hydrogens is 206 g/mol. The van der Waals surface area contributed by atoms with Gasteiger partial charge < -0.3 is 10.4 Å². The standard InChI is InChI=1S/C12H19NO3/c1-3-4-10(14)13-12(11(15)16)7-5-9(2)6-8-12/h3-4,9H,5-8H2,1-2H3,(H,13,14)(H,15,16)/b4-3+. The maximum Gasteiger partial charge on any atom is 0.329 e. The van der Waals surface area contributed by atoms with E-state index in [1.54, 1.807) is 13.0 Å². The van der Waals surface area contributed by atoms with Crippen molar-refractivity contribution in [2.24, 2.45) is 5.92 Å². The number of allylic oxidation sites excluding steroid dienone is 1. The van der Waals surface area contributed by atoms with E-state index in [-0.39, 0.29) is 5.91 Å². The van der Waals surface area contributed by atoms with Crippen LogP contribution in [0.1, 0.15) is 39.5 Å². The van der Waals surface area contributed by atoms with Crippen molar-refractivity contribution < 1.29 is 14.7 Å². The second-order valence-corrected chi connectivity index (χ2v) is 4.56. The van der Waals surface area contributed by atoms with Crippen LogP contribution in [0.2, 0.25) is 0 Å². The highest BCUT2D eigenvalue weighted by Crippen LogP contribution is 2.32. The van der Waals surface area contributed by atoms with Gasteiger partial charge in [-0.25, -0.2) is 4.79 Å². The van der Waals surface area contributed by atoms with E-state index >= 15 is 0 Å². The molecule has 0 saturated heterocycles. The summed E-state index contributed by atoms with van der Waals surface area (Å²) in [6.07, 6.45) is 5.71. The lowest BCUT2D eigenvalue weighted by Crippen LogP contribution is -2.55. The van der Waals surface area contributed by atoms with Crippen LogP contribution in [0.4, 0.5) is 0 Å². The number of carbonyl (C=O) groups is 2. The number of aliphatic carboxylic acids is 1. The molecule has 1 rings (SSSR count). The number of carbonyl (C=O) groups excluding carboxylic acids is 1. The highest BCUT2D eigenvalue weighted by Gasteiger charge is 2.41. The topological polar surface area (TPSA) is 66.4 Å². The first-order valence-corrected chi connectivity index (χ1v) is 5.68. The van der Waals surface area contributed by atoms with Crippen LogP contribution in [0.25, 0.3) is 0 Å². The van der Waals surface area contributed by atoms with E-state index < -0.39 is 11.5 Å². The first kappa shape index (κ1) is 12.7. The number of hydrogen-bond acceptors (Lipinski definition) is 2. The van der Waals surface area contributed by atoms with E-state index in [1.165, 1.54) is 6.08 Å². The number of hydrogen-bond donors (Lipinski definition) is 2. The van der Waals surface area contributed by atoms with Crippen LogP contribution in [0.15, 0.2) is 12.2 Å². The highest BCUT2D eigenvalue weighted by molar-refractivity contribution is 5.93. The minimum atomic E-state index is -1.05. The summed E-state index contributed by atoms with van der Waals surface area (Å²) in [7, 11) is 0. The summed E-state index contributed by atoms with van der Waals surface area (Å²) in [5.41, 5.74) is -1.05. The predicted octanol–water partition coefficient (Wildman–Crippen LogP) is 1.71. The van der Waals surface area contributed by atoms with Gasteiger partial charge in [0.15, 0.2) is 0 Å². The predicted molar refractivity (Wildman–Crippen MR) is 61.0 cm³/mol. The van der Waals surface area contributed by atoms with Gasteiger partial charge in [0, 0.05) is 0 Å². The van der Waals surface area contributed by atoms with Crippen molar-refractivity contribution in [1.82, 2.24) is 5.32 Å². The molecule has 1 amide bonds. The van der Waals surface area contributed by atoms with Crippen molar-refractivity contribution >= 4 is 11.9 Å². The van der Waals surface area contributed by atoms with Gasteiger partial charge >= 0.3 is 5.97 Å². The van der Waals surface area contributed by atoms with Gasteiger partial charge in [-0.05, 0) is 44.6 Å². The fraction of sp³-hybridized carbons (Fsp3) is 0.667. The number of rotatable bonds is 3. The summed E-state index contributed by atoms with van der Waals surface area (Å²) < 4.78 is 0. The maximum atomic E-state index is 11.4. The number of carboxylic acids is 1. The zero-order valence-corrected chi connectivity index (χ0v) is 9.82. The van der Waals surface area contributed by atoms with E-state index in [2.05, 4.69) is 12.2 Å². The number of carboxylic acid groups (broad SMARTS) is 1. The molecule has 16 heavy (non-hydrogen) atoms. The Bertz CT molecular complexity index is 301. The van der Waals surface area contributed by atoms with Crippen LogP contribution in [0, 0.1) is 5.92 Å². The van der Waals surface area contributed by atoms with Crippen molar-refractivity contribution in [2.75, 3.05) is 0 Å². The van der Waals surface area contributed by atoms with Crippen molar-refractivity contribution in [2.45, 2.75) is 45.1 Å². The Balaban J connectivity index is 2.74. The monoisotopic (exact) mass is 225 g/mol. The van der Waals surface area contributed by atoms with Gasteiger partial charge in [-0.3, -0.25) is 4.79 Å². The summed E-state index contributed by atoms with van der Waals surface area (Å²) in [4.78, 5) is 22.7. The first-order valence-electron chi connectivity index (χ1n) is 5.68. The second-order valence-electron chi connectivity index (χ2n) is 4.56. The van der Waals surface area contributed by atoms with Gasteiger partial charge in [0.25, 0.3) is 0 Å². The molecule has 0 aromatic heterocycles. The molecule has 1 saturated carbocycles. The quantitative estimate of drug-likeness (QED) is 0.718. The van der Waals surface area contributed by atoms with Gasteiger partial charge in [-0.1, -0.05) is 13.0 Å². The molecule has 4 heteroatoms. The normalized spacial score (nSPS) is 30.2. The summed E-state index contributed by atoms with van der Waals surface area (Å²) in [5.74, 6) is -0.692. The van der Waals surface area contributed by atoms with Crippen LogP contribution in [0.5, 0.6) is 0 Å². The Hall–Kier alpha value is -1.32. The van der Waals surface area contributed by atoms with Gasteiger partial charge in [0.1, 0.15) is 5.54 Å². The van der Waals surface area contributed by atoms with Crippen molar-refractivity contribution in [3.8, 4) is 0 Å². The van der Waals surface area contributed by atoms with Crippen molar-refractivity contribution in [3.63, 3.8) is 0 Å². The Kier molecular flexibility index (Phi) is 4.10.